The number of fused-ring (bicyclic) bond motifs is 2. The van der Waals surface area contributed by atoms with Crippen molar-refractivity contribution >= 4 is 17.2 Å². The summed E-state index contributed by atoms with van der Waals surface area (Å²) in [6, 6.07) is 8.69. The van der Waals surface area contributed by atoms with E-state index in [1.54, 1.807) is 17.3 Å². The van der Waals surface area contributed by atoms with Gasteiger partial charge in [-0.15, -0.1) is 0 Å². The maximum Gasteiger partial charge on any atom is 0.282 e. The van der Waals surface area contributed by atoms with Crippen molar-refractivity contribution in [1.82, 2.24) is 24.6 Å². The molecule has 0 aliphatic carbocycles. The van der Waals surface area contributed by atoms with Gasteiger partial charge >= 0.3 is 0 Å². The van der Waals surface area contributed by atoms with Gasteiger partial charge in [0.1, 0.15) is 11.5 Å². The first-order valence-electron chi connectivity index (χ1n) is 11.1. The van der Waals surface area contributed by atoms with Crippen LogP contribution in [0.3, 0.4) is 0 Å². The Bertz CT molecular complexity index is 1130. The number of imidazole rings is 1. The van der Waals surface area contributed by atoms with Crippen molar-refractivity contribution < 1.29 is 8.78 Å². The number of alkyl halides is 2. The lowest BCUT2D eigenvalue weighted by Crippen LogP contribution is -2.56. The van der Waals surface area contributed by atoms with Crippen molar-refractivity contribution in [2.24, 2.45) is 5.92 Å². The molecule has 1 fully saturated rings. The van der Waals surface area contributed by atoms with Crippen molar-refractivity contribution in [2.45, 2.75) is 25.8 Å². The lowest BCUT2D eigenvalue weighted by molar-refractivity contribution is -0.0267. The van der Waals surface area contributed by atoms with Crippen LogP contribution in [0.25, 0.3) is 11.3 Å². The number of hydrogen-bond acceptors (Lipinski definition) is 5. The number of anilines is 1. The molecule has 0 saturated carbocycles. The Balaban J connectivity index is 1.15. The van der Waals surface area contributed by atoms with E-state index in [2.05, 4.69) is 58.0 Å². The van der Waals surface area contributed by atoms with Gasteiger partial charge in [0.15, 0.2) is 5.65 Å². The summed E-state index contributed by atoms with van der Waals surface area (Å²) < 4.78 is 28.1. The van der Waals surface area contributed by atoms with Gasteiger partial charge in [-0.3, -0.25) is 4.90 Å². The molecule has 1 N–H and O–H groups in total. The predicted octanol–water partition coefficient (Wildman–Crippen LogP) is 3.44. The van der Waals surface area contributed by atoms with Crippen LogP contribution in [0, 0.1) is 5.92 Å². The molecule has 6 nitrogen and oxygen atoms in total. The van der Waals surface area contributed by atoms with Crippen LogP contribution in [0.15, 0.2) is 49.4 Å². The average Bonchev–Trinajstić information content (AvgIpc) is 3.19. The predicted molar refractivity (Wildman–Crippen MR) is 122 cm³/mol. The summed E-state index contributed by atoms with van der Waals surface area (Å²) in [6.45, 7) is 9.72. The second-order valence-electron chi connectivity index (χ2n) is 9.07. The standard InChI is InChI=1S/C24H28F2N6/c1-17(11-30-8-7-19-5-3-4-6-20(19)12-30)9-27-18(2)21-13-31-14-23(28-10-22(31)29-21)32-15-24(25,26)16-32/h3-6,10,13-14,17,27H,2,7-9,11-12,15-16H2,1H3. The van der Waals surface area contributed by atoms with E-state index >= 15 is 0 Å². The van der Waals surface area contributed by atoms with Crippen LogP contribution in [-0.4, -0.2) is 57.9 Å². The number of rotatable bonds is 7. The number of aromatic nitrogens is 3. The molecule has 1 aromatic carbocycles. The van der Waals surface area contributed by atoms with Crippen LogP contribution in [0.2, 0.25) is 0 Å². The first-order chi connectivity index (χ1) is 15.4. The number of benzene rings is 1. The fraction of sp³-hybridized carbons (Fsp3) is 0.417. The first-order valence-corrected chi connectivity index (χ1v) is 11.1. The molecule has 0 radical (unpaired) electrons. The number of halogens is 2. The molecule has 0 bridgehead atoms. The van der Waals surface area contributed by atoms with Gasteiger partial charge in [0.2, 0.25) is 0 Å². The molecule has 5 rings (SSSR count). The highest BCUT2D eigenvalue weighted by atomic mass is 19.3. The zero-order valence-corrected chi connectivity index (χ0v) is 18.3. The molecule has 4 heterocycles. The third kappa shape index (κ3) is 4.32. The zero-order valence-electron chi connectivity index (χ0n) is 18.3. The largest absolute Gasteiger partial charge is 0.383 e. The van der Waals surface area contributed by atoms with Crippen LogP contribution in [0.4, 0.5) is 14.6 Å². The SMILES string of the molecule is C=C(NCC(C)CN1CCc2ccccc2C1)c1cn2cc(N3CC(F)(F)C3)ncc2n1. The molecular formula is C24H28F2N6. The average molecular weight is 439 g/mol. The van der Waals surface area contributed by atoms with Gasteiger partial charge in [0.05, 0.1) is 31.2 Å². The van der Waals surface area contributed by atoms with Gasteiger partial charge < -0.3 is 14.6 Å². The number of nitrogens with zero attached hydrogens (tertiary/aromatic N) is 5. The topological polar surface area (TPSA) is 48.7 Å². The van der Waals surface area contributed by atoms with Crippen molar-refractivity contribution in [3.05, 3.63) is 66.3 Å². The van der Waals surface area contributed by atoms with Gasteiger partial charge in [0.25, 0.3) is 5.92 Å². The normalized spacial score (nSPS) is 18.8. The van der Waals surface area contributed by atoms with Crippen LogP contribution >= 0.6 is 0 Å². The highest BCUT2D eigenvalue weighted by Crippen LogP contribution is 2.30. The summed E-state index contributed by atoms with van der Waals surface area (Å²) in [7, 11) is 0. The summed E-state index contributed by atoms with van der Waals surface area (Å²) >= 11 is 0. The summed E-state index contributed by atoms with van der Waals surface area (Å²) in [4.78, 5) is 12.9. The van der Waals surface area contributed by atoms with Crippen molar-refractivity contribution in [2.75, 3.05) is 37.6 Å². The lowest BCUT2D eigenvalue weighted by atomic mass is 9.99. The Morgan fingerprint density at radius 2 is 2.00 bits per heavy atom. The Morgan fingerprint density at radius 3 is 2.78 bits per heavy atom. The van der Waals surface area contributed by atoms with E-state index in [-0.39, 0.29) is 13.1 Å². The molecule has 32 heavy (non-hydrogen) atoms. The monoisotopic (exact) mass is 438 g/mol. The second kappa shape index (κ2) is 8.16. The zero-order chi connectivity index (χ0) is 22.3. The van der Waals surface area contributed by atoms with E-state index in [1.807, 2.05) is 10.6 Å². The summed E-state index contributed by atoms with van der Waals surface area (Å²) in [5, 5.41) is 3.41. The van der Waals surface area contributed by atoms with E-state index in [0.29, 0.717) is 17.4 Å². The molecule has 1 saturated heterocycles. The summed E-state index contributed by atoms with van der Waals surface area (Å²) in [6.07, 6.45) is 6.32. The highest BCUT2D eigenvalue weighted by Gasteiger charge is 2.44. The maximum absolute atomic E-state index is 13.1. The van der Waals surface area contributed by atoms with Crippen LogP contribution in [-0.2, 0) is 13.0 Å². The van der Waals surface area contributed by atoms with E-state index in [0.717, 1.165) is 44.0 Å². The lowest BCUT2D eigenvalue weighted by Gasteiger charge is -2.39. The van der Waals surface area contributed by atoms with Crippen molar-refractivity contribution in [3.8, 4) is 0 Å². The smallest absolute Gasteiger partial charge is 0.282 e. The minimum atomic E-state index is -2.62. The highest BCUT2D eigenvalue weighted by molar-refractivity contribution is 5.61. The number of hydrogen-bond donors (Lipinski definition) is 1. The molecule has 0 amide bonds. The van der Waals surface area contributed by atoms with E-state index in [1.165, 1.54) is 11.1 Å². The van der Waals surface area contributed by atoms with E-state index < -0.39 is 5.92 Å². The second-order valence-corrected chi connectivity index (χ2v) is 9.07. The van der Waals surface area contributed by atoms with Gasteiger partial charge in [0, 0.05) is 32.4 Å². The molecule has 8 heteroatoms. The molecule has 1 unspecified atom stereocenters. The minimum absolute atomic E-state index is 0.290. The minimum Gasteiger partial charge on any atom is -0.383 e. The van der Waals surface area contributed by atoms with E-state index in [4.69, 9.17) is 0 Å². The Hall–Kier alpha value is -3.00. The van der Waals surface area contributed by atoms with Crippen LogP contribution in [0.1, 0.15) is 23.7 Å². The molecule has 0 spiro atoms. The fourth-order valence-electron chi connectivity index (χ4n) is 4.47. The molecule has 2 aromatic heterocycles. The third-order valence-electron chi connectivity index (χ3n) is 6.25. The van der Waals surface area contributed by atoms with Crippen LogP contribution < -0.4 is 10.2 Å². The third-order valence-corrected chi connectivity index (χ3v) is 6.25. The first kappa shape index (κ1) is 20.9. The molecular weight excluding hydrogens is 410 g/mol. The molecule has 2 aliphatic heterocycles. The van der Waals surface area contributed by atoms with Gasteiger partial charge in [-0.2, -0.15) is 0 Å². The maximum atomic E-state index is 13.1. The molecule has 168 valence electrons. The summed E-state index contributed by atoms with van der Waals surface area (Å²) in [5.41, 5.74) is 5.05. The Morgan fingerprint density at radius 1 is 1.22 bits per heavy atom. The molecule has 2 aliphatic rings. The van der Waals surface area contributed by atoms with Gasteiger partial charge in [-0.05, 0) is 23.5 Å². The van der Waals surface area contributed by atoms with Crippen molar-refractivity contribution in [1.29, 1.82) is 0 Å². The number of nitrogens with one attached hydrogen (secondary N) is 1. The molecule has 1 atom stereocenters. The van der Waals surface area contributed by atoms with Crippen LogP contribution in [0.5, 0.6) is 0 Å². The molecule has 3 aromatic rings. The summed E-state index contributed by atoms with van der Waals surface area (Å²) in [5.74, 6) is -1.64. The van der Waals surface area contributed by atoms with E-state index in [9.17, 15) is 8.78 Å². The Kier molecular flexibility index (Phi) is 5.33. The van der Waals surface area contributed by atoms with Gasteiger partial charge in [-0.25, -0.2) is 18.7 Å². The van der Waals surface area contributed by atoms with Crippen molar-refractivity contribution in [3.63, 3.8) is 0 Å². The van der Waals surface area contributed by atoms with Gasteiger partial charge in [-0.1, -0.05) is 37.8 Å². The Labute approximate surface area is 186 Å². The quantitative estimate of drug-likeness (QED) is 0.613. The fourth-order valence-corrected chi connectivity index (χ4v) is 4.47.